The van der Waals surface area contributed by atoms with Crippen LogP contribution in [0.15, 0.2) is 32.1 Å². The fourth-order valence-electron chi connectivity index (χ4n) is 4.77. The molecule has 1 aliphatic rings. The van der Waals surface area contributed by atoms with Gasteiger partial charge in [-0.2, -0.15) is 9.97 Å². The minimum atomic E-state index is 0.630. The lowest BCUT2D eigenvalue weighted by Crippen LogP contribution is -2.34. The van der Waals surface area contributed by atoms with Crippen LogP contribution in [0.2, 0.25) is 0 Å². The Morgan fingerprint density at radius 1 is 0.955 bits per heavy atom. The van der Waals surface area contributed by atoms with Gasteiger partial charge in [-0.15, -0.1) is 11.8 Å². The summed E-state index contributed by atoms with van der Waals surface area (Å²) >= 11 is 1.78. The van der Waals surface area contributed by atoms with E-state index in [0.29, 0.717) is 6.01 Å². The fourth-order valence-corrected chi connectivity index (χ4v) is 5.36. The van der Waals surface area contributed by atoms with Crippen molar-refractivity contribution in [2.45, 2.75) is 118 Å². The molecule has 0 saturated carbocycles. The number of aromatic nitrogens is 4. The lowest BCUT2D eigenvalue weighted by atomic mass is 9.92. The van der Waals surface area contributed by atoms with Crippen LogP contribution in [-0.2, 0) is 12.8 Å². The van der Waals surface area contributed by atoms with Gasteiger partial charge in [-0.1, -0.05) is 53.6 Å². The third kappa shape index (κ3) is 13.9. The smallest absolute Gasteiger partial charge is 0.323 e. The Balaban J connectivity index is 0.000000478. The van der Waals surface area contributed by atoms with Gasteiger partial charge >= 0.3 is 6.01 Å². The van der Waals surface area contributed by atoms with E-state index in [1.54, 1.807) is 11.8 Å². The number of anilines is 2. The maximum Gasteiger partial charge on any atom is 0.323 e. The number of thioether (sulfide) groups is 1. The number of hydrogen-bond donors (Lipinski definition) is 0. The van der Waals surface area contributed by atoms with Crippen molar-refractivity contribution in [2.75, 3.05) is 49.3 Å². The van der Waals surface area contributed by atoms with Crippen molar-refractivity contribution in [3.05, 3.63) is 35.5 Å². The molecule has 44 heavy (non-hydrogen) atoms. The summed E-state index contributed by atoms with van der Waals surface area (Å²) in [4.78, 5) is 14.3. The summed E-state index contributed by atoms with van der Waals surface area (Å²) in [6.45, 7) is 20.3. The zero-order valence-corrected chi connectivity index (χ0v) is 30.1. The first-order valence-electron chi connectivity index (χ1n) is 16.9. The molecule has 0 unspecified atom stereocenters. The third-order valence-electron chi connectivity index (χ3n) is 7.03. The molecule has 4 rings (SSSR count). The van der Waals surface area contributed by atoms with Crippen molar-refractivity contribution in [3.8, 4) is 5.75 Å². The molecule has 0 amide bonds. The van der Waals surface area contributed by atoms with E-state index in [-0.39, 0.29) is 0 Å². The molecule has 1 fully saturated rings. The van der Waals surface area contributed by atoms with Gasteiger partial charge in [-0.3, -0.25) is 0 Å². The Kier molecular flexibility index (Phi) is 21.1. The van der Waals surface area contributed by atoms with Gasteiger partial charge in [0.1, 0.15) is 5.75 Å². The molecule has 9 nitrogen and oxygen atoms in total. The number of aryl methyl sites for hydroxylation is 3. The molecule has 2 aromatic heterocycles. The highest BCUT2D eigenvalue weighted by atomic mass is 32.2. The van der Waals surface area contributed by atoms with E-state index in [1.165, 1.54) is 29.7 Å². The molecule has 0 atom stereocenters. The highest BCUT2D eigenvalue weighted by Gasteiger charge is 2.22. The average Bonchev–Trinajstić information content (AvgIpc) is 3.73. The Labute approximate surface area is 271 Å². The maximum absolute atomic E-state index is 5.94. The second-order valence-corrected chi connectivity index (χ2v) is 11.3. The first kappa shape index (κ1) is 39.3. The molecular weight excluding hydrogens is 572 g/mol. The summed E-state index contributed by atoms with van der Waals surface area (Å²) in [6, 6.07) is 7.00. The van der Waals surface area contributed by atoms with Crippen LogP contribution in [0.3, 0.4) is 0 Å². The van der Waals surface area contributed by atoms with Gasteiger partial charge in [-0.05, 0) is 93.0 Å². The van der Waals surface area contributed by atoms with Crippen LogP contribution in [0.25, 0.3) is 0 Å². The lowest BCUT2D eigenvalue weighted by Gasteiger charge is -2.30. The van der Waals surface area contributed by atoms with Crippen LogP contribution in [0.5, 0.6) is 5.75 Å². The summed E-state index contributed by atoms with van der Waals surface area (Å²) in [7, 11) is 1.97. The normalized spacial score (nSPS) is 12.7. The van der Waals surface area contributed by atoms with Crippen LogP contribution in [0.1, 0.15) is 111 Å². The Morgan fingerprint density at radius 3 is 2.27 bits per heavy atom. The molecule has 0 radical (unpaired) electrons. The SMILES string of the molecule is CC.CC.CCCc1nc(N2CCC(CCCOc3ccc(SC)c(C)c3)CC2)no1.CCCc1noc(N(C)CCC)n1. The van der Waals surface area contributed by atoms with E-state index < -0.39 is 0 Å². The number of rotatable bonds is 14. The molecule has 10 heteroatoms. The van der Waals surface area contributed by atoms with E-state index in [1.807, 2.05) is 39.6 Å². The summed E-state index contributed by atoms with van der Waals surface area (Å²) in [5.74, 6) is 4.09. The van der Waals surface area contributed by atoms with Gasteiger partial charge in [0.2, 0.25) is 5.89 Å². The Morgan fingerprint density at radius 2 is 1.66 bits per heavy atom. The molecule has 0 bridgehead atoms. The molecule has 1 saturated heterocycles. The monoisotopic (exact) mass is 632 g/mol. The van der Waals surface area contributed by atoms with Crippen molar-refractivity contribution in [1.29, 1.82) is 0 Å². The van der Waals surface area contributed by atoms with Crippen LogP contribution in [0, 0.1) is 12.8 Å². The van der Waals surface area contributed by atoms with Gasteiger partial charge in [0.05, 0.1) is 6.61 Å². The van der Waals surface area contributed by atoms with E-state index in [9.17, 15) is 0 Å². The zero-order chi connectivity index (χ0) is 32.7. The summed E-state index contributed by atoms with van der Waals surface area (Å²) in [5, 5.41) is 8.01. The minimum Gasteiger partial charge on any atom is -0.494 e. The topological polar surface area (TPSA) is 93.5 Å². The van der Waals surface area contributed by atoms with Crippen LogP contribution in [0.4, 0.5) is 12.0 Å². The zero-order valence-electron chi connectivity index (χ0n) is 29.3. The summed E-state index contributed by atoms with van der Waals surface area (Å²) < 4.78 is 16.3. The van der Waals surface area contributed by atoms with E-state index >= 15 is 0 Å². The van der Waals surface area contributed by atoms with Crippen molar-refractivity contribution in [1.82, 2.24) is 20.3 Å². The number of benzene rings is 1. The second-order valence-electron chi connectivity index (χ2n) is 10.5. The predicted molar refractivity (Wildman–Crippen MR) is 185 cm³/mol. The number of piperidine rings is 1. The van der Waals surface area contributed by atoms with Crippen LogP contribution >= 0.6 is 11.8 Å². The second kappa shape index (κ2) is 23.6. The van der Waals surface area contributed by atoms with Gasteiger partial charge < -0.3 is 23.6 Å². The van der Waals surface area contributed by atoms with Gasteiger partial charge in [-0.25, -0.2) is 0 Å². The Bertz CT molecular complexity index is 1110. The number of ether oxygens (including phenoxy) is 1. The molecule has 0 N–H and O–H groups in total. The maximum atomic E-state index is 5.94. The fraction of sp³-hybridized carbons (Fsp3) is 0.706. The third-order valence-corrected chi connectivity index (χ3v) is 7.92. The summed E-state index contributed by atoms with van der Waals surface area (Å²) in [6.07, 6.45) is 11.8. The molecule has 1 aliphatic heterocycles. The van der Waals surface area contributed by atoms with Crippen molar-refractivity contribution >= 4 is 23.7 Å². The minimum absolute atomic E-state index is 0.630. The van der Waals surface area contributed by atoms with Crippen molar-refractivity contribution in [2.24, 2.45) is 5.92 Å². The van der Waals surface area contributed by atoms with Crippen molar-refractivity contribution < 1.29 is 13.8 Å². The van der Waals surface area contributed by atoms with Gasteiger partial charge in [0, 0.05) is 44.4 Å². The standard InChI is InChI=1S/C21H31N3O2S.C9H17N3O.2C2H6/c1-4-6-20-22-21(23-26-20)24-12-10-17(11-13-24)7-5-14-25-18-8-9-19(27-3)16(2)15-18;1-4-6-8-10-9(13-11-8)12(3)7-5-2;2*1-2/h8-9,15,17H,4-7,10-14H2,1-3H3;4-7H2,1-3H3;2*1-2H3. The molecule has 250 valence electrons. The largest absolute Gasteiger partial charge is 0.494 e. The van der Waals surface area contributed by atoms with Crippen LogP contribution < -0.4 is 14.5 Å². The quantitative estimate of drug-likeness (QED) is 0.127. The van der Waals surface area contributed by atoms with Gasteiger partial charge in [0.25, 0.3) is 5.95 Å². The number of hydrogen-bond acceptors (Lipinski definition) is 10. The molecule has 1 aromatic carbocycles. The lowest BCUT2D eigenvalue weighted by molar-refractivity contribution is 0.278. The molecule has 3 heterocycles. The van der Waals surface area contributed by atoms with E-state index in [2.05, 4.69) is 77.3 Å². The van der Waals surface area contributed by atoms with E-state index in [0.717, 1.165) is 94.1 Å². The average molecular weight is 633 g/mol. The molecular formula is C34H60N6O3S. The van der Waals surface area contributed by atoms with Crippen LogP contribution in [-0.4, -0.2) is 59.8 Å². The molecule has 3 aromatic rings. The highest BCUT2D eigenvalue weighted by Crippen LogP contribution is 2.26. The van der Waals surface area contributed by atoms with Crippen molar-refractivity contribution in [3.63, 3.8) is 0 Å². The first-order valence-corrected chi connectivity index (χ1v) is 18.1. The van der Waals surface area contributed by atoms with E-state index in [4.69, 9.17) is 13.8 Å². The first-order chi connectivity index (χ1) is 21.5. The summed E-state index contributed by atoms with van der Waals surface area (Å²) in [5.41, 5.74) is 1.29. The highest BCUT2D eigenvalue weighted by molar-refractivity contribution is 7.98. The van der Waals surface area contributed by atoms with Gasteiger partial charge in [0.15, 0.2) is 5.82 Å². The Hall–Kier alpha value is -2.75. The molecule has 0 aliphatic carbocycles. The molecule has 0 spiro atoms. The number of nitrogens with zero attached hydrogens (tertiary/aromatic N) is 6. The predicted octanol–water partition coefficient (Wildman–Crippen LogP) is 9.05.